The Morgan fingerprint density at radius 1 is 0.828 bits per heavy atom. The summed E-state index contributed by atoms with van der Waals surface area (Å²) in [7, 11) is 0. The maximum atomic E-state index is 4.55. The van der Waals surface area contributed by atoms with Gasteiger partial charge in [-0.15, -0.1) is 10.2 Å². The molecule has 4 rings (SSSR count). The molecular formula is C24H22BrN3S. The van der Waals surface area contributed by atoms with Gasteiger partial charge >= 0.3 is 0 Å². The van der Waals surface area contributed by atoms with Crippen molar-refractivity contribution < 1.29 is 0 Å². The summed E-state index contributed by atoms with van der Waals surface area (Å²) in [5.74, 6) is 1.81. The molecule has 0 spiro atoms. The molecule has 0 radical (unpaired) electrons. The van der Waals surface area contributed by atoms with Crippen LogP contribution in [0.5, 0.6) is 0 Å². The van der Waals surface area contributed by atoms with Gasteiger partial charge in [0.2, 0.25) is 0 Å². The maximum Gasteiger partial charge on any atom is 0.196 e. The van der Waals surface area contributed by atoms with Crippen LogP contribution in [0.15, 0.2) is 82.4 Å². The summed E-state index contributed by atoms with van der Waals surface area (Å²) in [5, 5.41) is 10.0. The number of rotatable bonds is 6. The highest BCUT2D eigenvalue weighted by molar-refractivity contribution is 9.10. The molecule has 0 fully saturated rings. The zero-order valence-corrected chi connectivity index (χ0v) is 18.9. The van der Waals surface area contributed by atoms with Crippen molar-refractivity contribution in [1.29, 1.82) is 0 Å². The molecule has 3 aromatic carbocycles. The molecule has 0 aliphatic rings. The summed E-state index contributed by atoms with van der Waals surface area (Å²) >= 11 is 5.21. The molecule has 29 heavy (non-hydrogen) atoms. The minimum Gasteiger partial charge on any atom is -0.274 e. The first-order valence-electron chi connectivity index (χ1n) is 9.53. The molecular weight excluding hydrogens is 442 g/mol. The molecule has 0 saturated heterocycles. The van der Waals surface area contributed by atoms with Crippen LogP contribution in [-0.4, -0.2) is 14.8 Å². The predicted molar refractivity (Wildman–Crippen MR) is 124 cm³/mol. The third kappa shape index (κ3) is 4.80. The van der Waals surface area contributed by atoms with Gasteiger partial charge in [-0.05, 0) is 60.4 Å². The van der Waals surface area contributed by atoms with E-state index in [4.69, 9.17) is 0 Å². The fourth-order valence-corrected chi connectivity index (χ4v) is 4.33. The molecule has 1 heterocycles. The van der Waals surface area contributed by atoms with Crippen molar-refractivity contribution in [3.63, 3.8) is 0 Å². The first-order chi connectivity index (χ1) is 14.1. The average molecular weight is 464 g/mol. The topological polar surface area (TPSA) is 30.7 Å². The van der Waals surface area contributed by atoms with Gasteiger partial charge < -0.3 is 0 Å². The molecule has 146 valence electrons. The Kier molecular flexibility index (Phi) is 6.16. The van der Waals surface area contributed by atoms with E-state index in [0.29, 0.717) is 0 Å². The van der Waals surface area contributed by atoms with Crippen LogP contribution in [0.25, 0.3) is 5.69 Å². The van der Waals surface area contributed by atoms with Crippen LogP contribution in [0.4, 0.5) is 0 Å². The Morgan fingerprint density at radius 3 is 2.31 bits per heavy atom. The van der Waals surface area contributed by atoms with E-state index in [0.717, 1.165) is 33.3 Å². The van der Waals surface area contributed by atoms with Crippen molar-refractivity contribution in [2.45, 2.75) is 31.2 Å². The highest BCUT2D eigenvalue weighted by Gasteiger charge is 2.15. The van der Waals surface area contributed by atoms with Gasteiger partial charge in [-0.2, -0.15) is 0 Å². The Hall–Kier alpha value is -2.37. The lowest BCUT2D eigenvalue weighted by atomic mass is 10.1. The second-order valence-electron chi connectivity index (χ2n) is 7.08. The Bertz CT molecular complexity index is 1100. The normalized spacial score (nSPS) is 11.0. The third-order valence-electron chi connectivity index (χ3n) is 4.94. The average Bonchev–Trinajstić information content (AvgIpc) is 3.13. The van der Waals surface area contributed by atoms with Crippen molar-refractivity contribution in [2.24, 2.45) is 0 Å². The zero-order chi connectivity index (χ0) is 20.2. The van der Waals surface area contributed by atoms with E-state index >= 15 is 0 Å². The fourth-order valence-electron chi connectivity index (χ4n) is 3.14. The van der Waals surface area contributed by atoms with E-state index in [-0.39, 0.29) is 0 Å². The van der Waals surface area contributed by atoms with Gasteiger partial charge in [0.1, 0.15) is 5.82 Å². The lowest BCUT2D eigenvalue weighted by Crippen LogP contribution is -2.04. The van der Waals surface area contributed by atoms with Gasteiger partial charge in [-0.25, -0.2) is 0 Å². The molecule has 1 aromatic heterocycles. The lowest BCUT2D eigenvalue weighted by molar-refractivity contribution is 0.846. The van der Waals surface area contributed by atoms with Crippen molar-refractivity contribution >= 4 is 27.7 Å². The van der Waals surface area contributed by atoms with Gasteiger partial charge in [0, 0.05) is 22.3 Å². The summed E-state index contributed by atoms with van der Waals surface area (Å²) in [6, 6.07) is 25.4. The van der Waals surface area contributed by atoms with Gasteiger partial charge in [-0.1, -0.05) is 76.2 Å². The van der Waals surface area contributed by atoms with Crippen LogP contribution < -0.4 is 0 Å². The van der Waals surface area contributed by atoms with Crippen LogP contribution >= 0.6 is 27.7 Å². The highest BCUT2D eigenvalue weighted by atomic mass is 79.9. The number of benzene rings is 3. The molecule has 3 nitrogen and oxygen atoms in total. The quantitative estimate of drug-likeness (QED) is 0.304. The first kappa shape index (κ1) is 19.9. The Morgan fingerprint density at radius 2 is 1.59 bits per heavy atom. The number of hydrogen-bond donors (Lipinski definition) is 0. The second-order valence-corrected chi connectivity index (χ2v) is 8.94. The third-order valence-corrected chi connectivity index (χ3v) is 6.46. The van der Waals surface area contributed by atoms with Crippen molar-refractivity contribution in [3.05, 3.63) is 105 Å². The smallest absolute Gasteiger partial charge is 0.196 e. The lowest BCUT2D eigenvalue weighted by Gasteiger charge is -2.12. The molecule has 0 aliphatic heterocycles. The summed E-state index contributed by atoms with van der Waals surface area (Å²) in [4.78, 5) is 0. The molecule has 0 atom stereocenters. The number of nitrogens with zero attached hydrogens (tertiary/aromatic N) is 3. The van der Waals surface area contributed by atoms with Crippen LogP contribution in [0.3, 0.4) is 0 Å². The van der Waals surface area contributed by atoms with Crippen LogP contribution in [0.1, 0.15) is 28.1 Å². The van der Waals surface area contributed by atoms with Crippen LogP contribution in [0.2, 0.25) is 0 Å². The zero-order valence-electron chi connectivity index (χ0n) is 16.5. The number of thioether (sulfide) groups is 1. The van der Waals surface area contributed by atoms with Crippen LogP contribution in [-0.2, 0) is 12.2 Å². The minimum absolute atomic E-state index is 0.750. The van der Waals surface area contributed by atoms with Gasteiger partial charge in [0.25, 0.3) is 0 Å². The van der Waals surface area contributed by atoms with Gasteiger partial charge in [0.05, 0.1) is 0 Å². The maximum absolute atomic E-state index is 4.55. The first-order valence-corrected chi connectivity index (χ1v) is 11.3. The van der Waals surface area contributed by atoms with E-state index in [2.05, 4.69) is 111 Å². The molecule has 0 bridgehead atoms. The standard InChI is InChI=1S/C24H22BrN3S/c1-17-8-13-22(14-18(17)2)28-23(15-19-6-4-3-5-7-19)26-27-24(28)29-16-20-9-11-21(25)12-10-20/h3-14H,15-16H2,1-2H3. The molecule has 0 N–H and O–H groups in total. The largest absolute Gasteiger partial charge is 0.274 e. The van der Waals surface area contributed by atoms with Gasteiger partial charge in [-0.3, -0.25) is 4.57 Å². The summed E-state index contributed by atoms with van der Waals surface area (Å²) < 4.78 is 3.29. The monoisotopic (exact) mass is 463 g/mol. The van der Waals surface area contributed by atoms with E-state index in [1.54, 1.807) is 11.8 Å². The van der Waals surface area contributed by atoms with E-state index < -0.39 is 0 Å². The molecule has 0 amide bonds. The molecule has 4 aromatic rings. The van der Waals surface area contributed by atoms with E-state index in [9.17, 15) is 0 Å². The number of aromatic nitrogens is 3. The number of aryl methyl sites for hydroxylation is 2. The van der Waals surface area contributed by atoms with E-state index in [1.807, 2.05) is 6.07 Å². The van der Waals surface area contributed by atoms with Crippen molar-refractivity contribution in [2.75, 3.05) is 0 Å². The second kappa shape index (κ2) is 8.97. The van der Waals surface area contributed by atoms with Crippen molar-refractivity contribution in [3.8, 4) is 5.69 Å². The highest BCUT2D eigenvalue weighted by Crippen LogP contribution is 2.27. The SMILES string of the molecule is Cc1ccc(-n2c(Cc3ccccc3)nnc2SCc2ccc(Br)cc2)cc1C. The summed E-state index contributed by atoms with van der Waals surface area (Å²) in [6.07, 6.45) is 0.750. The molecule has 0 aliphatic carbocycles. The number of halogens is 1. The minimum atomic E-state index is 0.750. The Labute approximate surface area is 184 Å². The molecule has 0 saturated carbocycles. The van der Waals surface area contributed by atoms with E-state index in [1.165, 1.54) is 22.3 Å². The summed E-state index contributed by atoms with van der Waals surface area (Å²) in [5.41, 5.74) is 6.16. The number of hydrogen-bond acceptors (Lipinski definition) is 3. The summed E-state index contributed by atoms with van der Waals surface area (Å²) in [6.45, 7) is 4.29. The van der Waals surface area contributed by atoms with Crippen LogP contribution in [0, 0.1) is 13.8 Å². The van der Waals surface area contributed by atoms with Crippen molar-refractivity contribution in [1.82, 2.24) is 14.8 Å². The Balaban J connectivity index is 1.68. The van der Waals surface area contributed by atoms with Gasteiger partial charge in [0.15, 0.2) is 5.16 Å². The molecule has 0 unspecified atom stereocenters. The molecule has 5 heteroatoms. The fraction of sp³-hybridized carbons (Fsp3) is 0.167. The predicted octanol–water partition coefficient (Wildman–Crippen LogP) is 6.53.